The lowest BCUT2D eigenvalue weighted by molar-refractivity contribution is -0.125. The lowest BCUT2D eigenvalue weighted by Gasteiger charge is -2.34. The van der Waals surface area contributed by atoms with Crippen LogP contribution >= 0.6 is 0 Å². The second kappa shape index (κ2) is 7.47. The average Bonchev–Trinajstić information content (AvgIpc) is 3.11. The van der Waals surface area contributed by atoms with Crippen molar-refractivity contribution in [3.8, 4) is 0 Å². The van der Waals surface area contributed by atoms with Gasteiger partial charge in [0, 0.05) is 31.5 Å². The first-order valence-electron chi connectivity index (χ1n) is 8.48. The van der Waals surface area contributed by atoms with Gasteiger partial charge in [-0.25, -0.2) is 4.39 Å². The van der Waals surface area contributed by atoms with Crippen LogP contribution in [0.25, 0.3) is 0 Å². The molecule has 1 aliphatic rings. The average molecular weight is 330 g/mol. The van der Waals surface area contributed by atoms with Gasteiger partial charge in [-0.05, 0) is 37.5 Å². The van der Waals surface area contributed by atoms with Crippen LogP contribution in [0.5, 0.6) is 0 Å². The van der Waals surface area contributed by atoms with Crippen molar-refractivity contribution in [3.05, 3.63) is 48.5 Å². The molecule has 1 saturated heterocycles. The van der Waals surface area contributed by atoms with Crippen LogP contribution in [0.1, 0.15) is 32.2 Å². The van der Waals surface area contributed by atoms with Crippen molar-refractivity contribution in [2.24, 2.45) is 0 Å². The van der Waals surface area contributed by atoms with Crippen molar-refractivity contribution in [1.82, 2.24) is 15.1 Å². The molecular formula is C18H23FN4O. The number of piperidine rings is 1. The van der Waals surface area contributed by atoms with Gasteiger partial charge in [0.1, 0.15) is 11.9 Å². The van der Waals surface area contributed by atoms with E-state index >= 15 is 0 Å². The lowest BCUT2D eigenvalue weighted by Crippen LogP contribution is -2.46. The number of anilines is 1. The predicted molar refractivity (Wildman–Crippen MR) is 91.3 cm³/mol. The Morgan fingerprint density at radius 2 is 2.08 bits per heavy atom. The van der Waals surface area contributed by atoms with Gasteiger partial charge in [-0.1, -0.05) is 19.1 Å². The van der Waals surface area contributed by atoms with E-state index in [4.69, 9.17) is 0 Å². The molecule has 24 heavy (non-hydrogen) atoms. The smallest absolute Gasteiger partial charge is 0.245 e. The van der Waals surface area contributed by atoms with Gasteiger partial charge in [0.25, 0.3) is 0 Å². The van der Waals surface area contributed by atoms with E-state index in [1.54, 1.807) is 23.0 Å². The highest BCUT2D eigenvalue weighted by Gasteiger charge is 2.25. The Morgan fingerprint density at radius 3 is 2.71 bits per heavy atom. The summed E-state index contributed by atoms with van der Waals surface area (Å²) >= 11 is 0. The first kappa shape index (κ1) is 16.5. The number of amides is 1. The maximum atomic E-state index is 13.9. The monoisotopic (exact) mass is 330 g/mol. The van der Waals surface area contributed by atoms with Crippen molar-refractivity contribution < 1.29 is 9.18 Å². The van der Waals surface area contributed by atoms with Gasteiger partial charge in [-0.3, -0.25) is 9.48 Å². The molecule has 1 amide bonds. The van der Waals surface area contributed by atoms with E-state index < -0.39 is 0 Å². The molecule has 128 valence electrons. The molecule has 0 radical (unpaired) electrons. The zero-order valence-corrected chi connectivity index (χ0v) is 13.9. The molecule has 0 bridgehead atoms. The molecule has 0 saturated carbocycles. The van der Waals surface area contributed by atoms with E-state index in [9.17, 15) is 9.18 Å². The molecule has 5 nitrogen and oxygen atoms in total. The molecule has 1 fully saturated rings. The van der Waals surface area contributed by atoms with Crippen LogP contribution in [0.15, 0.2) is 42.7 Å². The molecule has 2 aromatic rings. The summed E-state index contributed by atoms with van der Waals surface area (Å²) in [5, 5.41) is 7.29. The summed E-state index contributed by atoms with van der Waals surface area (Å²) in [4.78, 5) is 14.5. The maximum absolute atomic E-state index is 13.9. The Labute approximate surface area is 141 Å². The first-order chi connectivity index (χ1) is 11.7. The fraction of sp³-hybridized carbons (Fsp3) is 0.444. The Kier molecular flexibility index (Phi) is 5.13. The van der Waals surface area contributed by atoms with E-state index in [0.29, 0.717) is 12.1 Å². The lowest BCUT2D eigenvalue weighted by atomic mass is 10.0. The molecule has 6 heteroatoms. The van der Waals surface area contributed by atoms with Gasteiger partial charge in [0.2, 0.25) is 5.91 Å². The predicted octanol–water partition coefficient (Wildman–Crippen LogP) is 2.76. The molecule has 1 aromatic carbocycles. The molecule has 3 rings (SSSR count). The summed E-state index contributed by atoms with van der Waals surface area (Å²) < 4.78 is 15.6. The topological polar surface area (TPSA) is 50.2 Å². The van der Waals surface area contributed by atoms with Crippen LogP contribution in [0, 0.1) is 5.82 Å². The van der Waals surface area contributed by atoms with Crippen molar-refractivity contribution in [3.63, 3.8) is 0 Å². The van der Waals surface area contributed by atoms with Gasteiger partial charge in [-0.15, -0.1) is 0 Å². The van der Waals surface area contributed by atoms with Crippen LogP contribution in [0.3, 0.4) is 0 Å². The quantitative estimate of drug-likeness (QED) is 0.917. The highest BCUT2D eigenvalue weighted by Crippen LogP contribution is 2.23. The van der Waals surface area contributed by atoms with E-state index in [0.717, 1.165) is 25.9 Å². The second-order valence-electron chi connectivity index (χ2n) is 6.13. The Balaban J connectivity index is 1.55. The molecule has 2 heterocycles. The third kappa shape index (κ3) is 3.58. The van der Waals surface area contributed by atoms with Crippen molar-refractivity contribution in [2.45, 2.75) is 38.3 Å². The molecule has 1 N–H and O–H groups in total. The van der Waals surface area contributed by atoms with Gasteiger partial charge in [0.05, 0.1) is 5.69 Å². The van der Waals surface area contributed by atoms with Gasteiger partial charge >= 0.3 is 0 Å². The number of carbonyl (C=O) groups is 1. The van der Waals surface area contributed by atoms with E-state index in [1.807, 2.05) is 30.2 Å². The van der Waals surface area contributed by atoms with Gasteiger partial charge in [0.15, 0.2) is 0 Å². The fourth-order valence-corrected chi connectivity index (χ4v) is 3.23. The number of hydrogen-bond acceptors (Lipinski definition) is 3. The molecule has 0 spiro atoms. The number of benzene rings is 1. The minimum Gasteiger partial charge on any atom is -0.369 e. The number of aromatic nitrogens is 2. The number of para-hydroxylation sites is 1. The molecule has 0 aliphatic carbocycles. The minimum atomic E-state index is -0.274. The summed E-state index contributed by atoms with van der Waals surface area (Å²) in [7, 11) is 0. The minimum absolute atomic E-state index is 0.00513. The Morgan fingerprint density at radius 1 is 1.33 bits per heavy atom. The second-order valence-corrected chi connectivity index (χ2v) is 6.13. The molecule has 0 unspecified atom stereocenters. The highest BCUT2D eigenvalue weighted by atomic mass is 19.1. The van der Waals surface area contributed by atoms with Crippen molar-refractivity contribution in [1.29, 1.82) is 0 Å². The van der Waals surface area contributed by atoms with Crippen molar-refractivity contribution in [2.75, 3.05) is 18.0 Å². The Hall–Kier alpha value is -2.37. The molecule has 1 aliphatic heterocycles. The number of hydrogen-bond donors (Lipinski definition) is 1. The maximum Gasteiger partial charge on any atom is 0.245 e. The molecule has 1 aromatic heterocycles. The fourth-order valence-electron chi connectivity index (χ4n) is 3.23. The van der Waals surface area contributed by atoms with Gasteiger partial charge < -0.3 is 10.2 Å². The summed E-state index contributed by atoms with van der Waals surface area (Å²) in [6.07, 6.45) is 5.82. The van der Waals surface area contributed by atoms with E-state index in [1.165, 1.54) is 6.07 Å². The third-order valence-corrected chi connectivity index (χ3v) is 4.57. The summed E-state index contributed by atoms with van der Waals surface area (Å²) in [6.45, 7) is 3.46. The number of rotatable bonds is 5. The van der Waals surface area contributed by atoms with Crippen LogP contribution < -0.4 is 10.2 Å². The number of carbonyl (C=O) groups excluding carboxylic acids is 1. The zero-order valence-electron chi connectivity index (χ0n) is 13.9. The molecular weight excluding hydrogens is 307 g/mol. The summed E-state index contributed by atoms with van der Waals surface area (Å²) in [5.74, 6) is -0.185. The standard InChI is InChI=1S/C18H23FN4O/c1-2-16(23-11-5-10-20-23)18(24)21-14-8-12-22(13-9-14)17-7-4-3-6-15(17)19/h3-7,10-11,14,16H,2,8-9,12-13H2,1H3,(H,21,24)/t16-/m1/s1. The largest absolute Gasteiger partial charge is 0.369 e. The van der Waals surface area contributed by atoms with Crippen LogP contribution in [0.2, 0.25) is 0 Å². The SMILES string of the molecule is CC[C@H](C(=O)NC1CCN(c2ccccc2F)CC1)n1cccn1. The van der Waals surface area contributed by atoms with Gasteiger partial charge in [-0.2, -0.15) is 5.10 Å². The summed E-state index contributed by atoms with van der Waals surface area (Å²) in [6, 6.07) is 8.52. The zero-order chi connectivity index (χ0) is 16.9. The van der Waals surface area contributed by atoms with Crippen molar-refractivity contribution >= 4 is 11.6 Å². The van der Waals surface area contributed by atoms with Crippen LogP contribution in [-0.4, -0.2) is 34.8 Å². The Bertz CT molecular complexity index is 665. The number of nitrogens with one attached hydrogen (secondary N) is 1. The number of nitrogens with zero attached hydrogens (tertiary/aromatic N) is 3. The number of halogens is 1. The van der Waals surface area contributed by atoms with Crippen LogP contribution in [0.4, 0.5) is 10.1 Å². The third-order valence-electron chi connectivity index (χ3n) is 4.57. The van der Waals surface area contributed by atoms with E-state index in [-0.39, 0.29) is 23.8 Å². The highest BCUT2D eigenvalue weighted by molar-refractivity contribution is 5.80. The molecule has 1 atom stereocenters. The first-order valence-corrected chi connectivity index (χ1v) is 8.48. The van der Waals surface area contributed by atoms with E-state index in [2.05, 4.69) is 10.4 Å². The summed E-state index contributed by atoms with van der Waals surface area (Å²) in [5.41, 5.74) is 0.644. The van der Waals surface area contributed by atoms with Crippen LogP contribution in [-0.2, 0) is 4.79 Å². The normalized spacial score (nSPS) is 16.8.